The van der Waals surface area contributed by atoms with Crippen molar-refractivity contribution in [1.82, 2.24) is 15.0 Å². The first-order valence-corrected chi connectivity index (χ1v) is 5.42. The number of hydrogen-bond donors (Lipinski definition) is 0. The summed E-state index contributed by atoms with van der Waals surface area (Å²) in [7, 11) is 0. The first-order chi connectivity index (χ1) is 6.77. The highest BCUT2D eigenvalue weighted by atomic mass is 79.9. The fourth-order valence-corrected chi connectivity index (χ4v) is 1.85. The van der Waals surface area contributed by atoms with Crippen LogP contribution in [0.25, 0.3) is 11.1 Å². The van der Waals surface area contributed by atoms with Crippen LogP contribution in [0.15, 0.2) is 40.1 Å². The van der Waals surface area contributed by atoms with Gasteiger partial charge in [-0.15, -0.1) is 0 Å². The Morgan fingerprint density at radius 3 is 2.43 bits per heavy atom. The Morgan fingerprint density at radius 2 is 1.71 bits per heavy atom. The lowest BCUT2D eigenvalue weighted by Gasteiger charge is -2.02. The molecule has 5 heteroatoms. The highest BCUT2D eigenvalue weighted by Crippen LogP contribution is 2.28. The van der Waals surface area contributed by atoms with Crippen molar-refractivity contribution in [2.45, 2.75) is 0 Å². The van der Waals surface area contributed by atoms with E-state index < -0.39 is 0 Å². The summed E-state index contributed by atoms with van der Waals surface area (Å²) in [5.74, 6) is 0. The van der Waals surface area contributed by atoms with Crippen LogP contribution in [0.5, 0.6) is 0 Å². The molecule has 0 spiro atoms. The summed E-state index contributed by atoms with van der Waals surface area (Å²) in [6.45, 7) is 0. The van der Waals surface area contributed by atoms with E-state index in [2.05, 4.69) is 46.8 Å². The van der Waals surface area contributed by atoms with Crippen LogP contribution in [0, 0.1) is 0 Å². The number of rotatable bonds is 1. The van der Waals surface area contributed by atoms with E-state index in [9.17, 15) is 0 Å². The van der Waals surface area contributed by atoms with Crippen molar-refractivity contribution in [3.63, 3.8) is 0 Å². The molecule has 0 saturated carbocycles. The lowest BCUT2D eigenvalue weighted by Crippen LogP contribution is -1.85. The van der Waals surface area contributed by atoms with E-state index in [0.717, 1.165) is 20.2 Å². The first-order valence-electron chi connectivity index (χ1n) is 3.84. The second-order valence-corrected chi connectivity index (χ2v) is 4.28. The number of aromatic nitrogens is 3. The van der Waals surface area contributed by atoms with E-state index in [1.165, 1.54) is 6.33 Å². The molecule has 0 unspecified atom stereocenters. The normalized spacial score (nSPS) is 10.1. The maximum Gasteiger partial charge on any atom is 0.115 e. The molecule has 0 atom stereocenters. The van der Waals surface area contributed by atoms with Gasteiger partial charge in [0, 0.05) is 34.2 Å². The van der Waals surface area contributed by atoms with Gasteiger partial charge in [-0.25, -0.2) is 15.0 Å². The van der Waals surface area contributed by atoms with Gasteiger partial charge in [-0.2, -0.15) is 0 Å². The Labute approximate surface area is 97.9 Å². The molecule has 70 valence electrons. The second-order valence-electron chi connectivity index (χ2n) is 2.61. The third kappa shape index (κ3) is 1.99. The number of nitrogens with zero attached hydrogens (tertiary/aromatic N) is 3. The summed E-state index contributed by atoms with van der Waals surface area (Å²) < 4.78 is 1.72. The van der Waals surface area contributed by atoms with E-state index in [1.54, 1.807) is 18.6 Å². The molecule has 0 aliphatic heterocycles. The monoisotopic (exact) mass is 313 g/mol. The number of hydrogen-bond acceptors (Lipinski definition) is 3. The van der Waals surface area contributed by atoms with E-state index in [4.69, 9.17) is 0 Å². The maximum atomic E-state index is 4.09. The van der Waals surface area contributed by atoms with Crippen LogP contribution < -0.4 is 0 Å². The molecule has 0 fully saturated rings. The van der Waals surface area contributed by atoms with Gasteiger partial charge < -0.3 is 0 Å². The molecule has 0 bridgehead atoms. The van der Waals surface area contributed by atoms with E-state index in [-0.39, 0.29) is 0 Å². The summed E-state index contributed by atoms with van der Waals surface area (Å²) >= 11 is 6.75. The predicted octanol–water partition coefficient (Wildman–Crippen LogP) is 3.06. The molecular formula is C9H5Br2N3. The molecule has 0 aromatic carbocycles. The molecule has 2 aromatic rings. The summed E-state index contributed by atoms with van der Waals surface area (Å²) in [6.07, 6.45) is 6.78. The largest absolute Gasteiger partial charge is 0.248 e. The molecule has 0 aliphatic rings. The van der Waals surface area contributed by atoms with Gasteiger partial charge in [0.05, 0.1) is 0 Å². The summed E-state index contributed by atoms with van der Waals surface area (Å²) in [6, 6.07) is 1.92. The molecule has 0 saturated heterocycles. The van der Waals surface area contributed by atoms with Crippen molar-refractivity contribution in [3.8, 4) is 11.1 Å². The number of pyridine rings is 1. The van der Waals surface area contributed by atoms with Gasteiger partial charge in [0.1, 0.15) is 10.9 Å². The zero-order chi connectivity index (χ0) is 9.97. The molecular weight excluding hydrogens is 310 g/mol. The Kier molecular flexibility index (Phi) is 2.88. The maximum absolute atomic E-state index is 4.09. The van der Waals surface area contributed by atoms with Crippen LogP contribution in [0.3, 0.4) is 0 Å². The molecule has 3 nitrogen and oxygen atoms in total. The van der Waals surface area contributed by atoms with E-state index >= 15 is 0 Å². The Hall–Kier alpha value is -0.810. The van der Waals surface area contributed by atoms with Gasteiger partial charge in [-0.3, -0.25) is 0 Å². The average Bonchev–Trinajstić information content (AvgIpc) is 2.23. The van der Waals surface area contributed by atoms with Crippen molar-refractivity contribution >= 4 is 31.9 Å². The zero-order valence-corrected chi connectivity index (χ0v) is 10.2. The topological polar surface area (TPSA) is 38.7 Å². The van der Waals surface area contributed by atoms with Crippen LogP contribution in [0.4, 0.5) is 0 Å². The predicted molar refractivity (Wildman–Crippen MR) is 60.7 cm³/mol. The Balaban J connectivity index is 2.57. The molecule has 0 aliphatic carbocycles. The third-order valence-electron chi connectivity index (χ3n) is 1.69. The van der Waals surface area contributed by atoms with Crippen molar-refractivity contribution < 1.29 is 0 Å². The SMILES string of the molecule is Brc1cc(-c2cncnc2)c(Br)cn1. The fourth-order valence-electron chi connectivity index (χ4n) is 1.07. The first kappa shape index (κ1) is 9.73. The third-order valence-corrected chi connectivity index (χ3v) is 2.76. The van der Waals surface area contributed by atoms with Gasteiger partial charge in [0.25, 0.3) is 0 Å². The minimum absolute atomic E-state index is 0.791. The Morgan fingerprint density at radius 1 is 1.00 bits per heavy atom. The van der Waals surface area contributed by atoms with Gasteiger partial charge in [0.2, 0.25) is 0 Å². The zero-order valence-electron chi connectivity index (χ0n) is 6.98. The van der Waals surface area contributed by atoms with Crippen molar-refractivity contribution in [2.24, 2.45) is 0 Å². The van der Waals surface area contributed by atoms with Crippen LogP contribution >= 0.6 is 31.9 Å². The Bertz CT molecular complexity index is 445. The van der Waals surface area contributed by atoms with E-state index in [0.29, 0.717) is 0 Å². The minimum Gasteiger partial charge on any atom is -0.248 e. The van der Waals surface area contributed by atoms with Crippen LogP contribution in [-0.4, -0.2) is 15.0 Å². The van der Waals surface area contributed by atoms with Crippen LogP contribution in [-0.2, 0) is 0 Å². The molecule has 0 amide bonds. The lowest BCUT2D eigenvalue weighted by molar-refractivity contribution is 1.16. The molecule has 2 rings (SSSR count). The van der Waals surface area contributed by atoms with E-state index in [1.807, 2.05) is 6.07 Å². The summed E-state index contributed by atoms with van der Waals surface area (Å²) in [5.41, 5.74) is 1.98. The smallest absolute Gasteiger partial charge is 0.115 e. The van der Waals surface area contributed by atoms with Crippen molar-refractivity contribution in [1.29, 1.82) is 0 Å². The average molecular weight is 315 g/mol. The molecule has 0 N–H and O–H groups in total. The minimum atomic E-state index is 0.791. The highest BCUT2D eigenvalue weighted by molar-refractivity contribution is 9.11. The summed E-state index contributed by atoms with van der Waals surface area (Å²) in [4.78, 5) is 12.0. The molecule has 14 heavy (non-hydrogen) atoms. The highest BCUT2D eigenvalue weighted by Gasteiger charge is 2.04. The van der Waals surface area contributed by atoms with Gasteiger partial charge >= 0.3 is 0 Å². The summed E-state index contributed by atoms with van der Waals surface area (Å²) in [5, 5.41) is 0. The van der Waals surface area contributed by atoms with Crippen LogP contribution in [0.1, 0.15) is 0 Å². The molecule has 2 aromatic heterocycles. The number of halogens is 2. The quantitative estimate of drug-likeness (QED) is 0.759. The second kappa shape index (κ2) is 4.14. The standard InChI is InChI=1S/C9H5Br2N3/c10-8-4-14-9(11)1-7(8)6-2-12-5-13-3-6/h1-5H. The van der Waals surface area contributed by atoms with Crippen molar-refractivity contribution in [3.05, 3.63) is 40.1 Å². The van der Waals surface area contributed by atoms with Crippen molar-refractivity contribution in [2.75, 3.05) is 0 Å². The van der Waals surface area contributed by atoms with Gasteiger partial charge in [0.15, 0.2) is 0 Å². The van der Waals surface area contributed by atoms with Crippen LogP contribution in [0.2, 0.25) is 0 Å². The lowest BCUT2D eigenvalue weighted by atomic mass is 10.1. The fraction of sp³-hybridized carbons (Fsp3) is 0. The van der Waals surface area contributed by atoms with Gasteiger partial charge in [-0.1, -0.05) is 0 Å². The molecule has 0 radical (unpaired) electrons. The molecule has 2 heterocycles. The van der Waals surface area contributed by atoms with Gasteiger partial charge in [-0.05, 0) is 37.9 Å².